The molecular weight excluding hydrogens is 212 g/mol. The number of nitrogens with two attached hydrogens (primary N) is 1. The molecule has 1 rings (SSSR count). The van der Waals surface area contributed by atoms with Gasteiger partial charge in [-0.05, 0) is 38.5 Å². The van der Waals surface area contributed by atoms with Gasteiger partial charge in [-0.25, -0.2) is 0 Å². The Kier molecular flexibility index (Phi) is 4.99. The monoisotopic (exact) mass is 240 g/mol. The Hall–Kier alpha value is -0.570. The molecule has 0 spiro atoms. The largest absolute Gasteiger partial charge is 0.351 e. The first-order valence-electron chi connectivity index (χ1n) is 7.01. The molecule has 1 fully saturated rings. The highest BCUT2D eigenvalue weighted by molar-refractivity contribution is 5.80. The van der Waals surface area contributed by atoms with Crippen molar-refractivity contribution in [2.75, 3.05) is 0 Å². The molecular formula is C14H28N2O. The third-order valence-corrected chi connectivity index (χ3v) is 4.62. The van der Waals surface area contributed by atoms with Gasteiger partial charge >= 0.3 is 0 Å². The van der Waals surface area contributed by atoms with Crippen LogP contribution in [0.15, 0.2) is 0 Å². The van der Waals surface area contributed by atoms with Crippen LogP contribution in [0.1, 0.15) is 59.8 Å². The van der Waals surface area contributed by atoms with Crippen LogP contribution in [0, 0.1) is 11.8 Å². The fraction of sp³-hybridized carbons (Fsp3) is 0.929. The minimum Gasteiger partial charge on any atom is -0.351 e. The molecule has 1 aliphatic carbocycles. The summed E-state index contributed by atoms with van der Waals surface area (Å²) in [7, 11) is 0. The third-order valence-electron chi connectivity index (χ3n) is 4.62. The molecule has 0 saturated heterocycles. The lowest BCUT2D eigenvalue weighted by Gasteiger charge is -2.36. The van der Waals surface area contributed by atoms with E-state index in [1.807, 2.05) is 0 Å². The summed E-state index contributed by atoms with van der Waals surface area (Å²) in [4.78, 5) is 12.3. The lowest BCUT2D eigenvalue weighted by atomic mass is 9.77. The summed E-state index contributed by atoms with van der Waals surface area (Å²) in [5, 5.41) is 3.19. The third kappa shape index (κ3) is 3.44. The quantitative estimate of drug-likeness (QED) is 0.793. The maximum Gasteiger partial charge on any atom is 0.225 e. The van der Waals surface area contributed by atoms with Gasteiger partial charge in [0.15, 0.2) is 0 Å². The average Bonchev–Trinajstić information content (AvgIpc) is 2.32. The number of carbonyl (C=O) groups is 1. The number of carbonyl (C=O) groups excluding carboxylic acids is 1. The first kappa shape index (κ1) is 14.5. The molecule has 0 heterocycles. The van der Waals surface area contributed by atoms with Crippen molar-refractivity contribution < 1.29 is 4.79 Å². The zero-order chi connectivity index (χ0) is 13.1. The van der Waals surface area contributed by atoms with Crippen LogP contribution in [0.4, 0.5) is 0 Å². The Morgan fingerprint density at radius 3 is 2.47 bits per heavy atom. The first-order chi connectivity index (χ1) is 7.93. The van der Waals surface area contributed by atoms with E-state index < -0.39 is 0 Å². The zero-order valence-electron chi connectivity index (χ0n) is 11.8. The Morgan fingerprint density at radius 2 is 1.94 bits per heavy atom. The highest BCUT2D eigenvalue weighted by atomic mass is 16.2. The Bertz CT molecular complexity index is 261. The van der Waals surface area contributed by atoms with Crippen LogP contribution in [0.25, 0.3) is 0 Å². The number of hydrogen-bond acceptors (Lipinski definition) is 2. The number of rotatable bonds is 4. The molecule has 3 N–H and O–H groups in total. The van der Waals surface area contributed by atoms with Crippen molar-refractivity contribution in [3.8, 4) is 0 Å². The van der Waals surface area contributed by atoms with Crippen LogP contribution >= 0.6 is 0 Å². The zero-order valence-corrected chi connectivity index (χ0v) is 11.8. The van der Waals surface area contributed by atoms with Gasteiger partial charge in [-0.1, -0.05) is 27.2 Å². The summed E-state index contributed by atoms with van der Waals surface area (Å²) >= 11 is 0. The van der Waals surface area contributed by atoms with Crippen molar-refractivity contribution in [2.24, 2.45) is 17.6 Å². The first-order valence-corrected chi connectivity index (χ1v) is 7.01. The number of hydrogen-bond donors (Lipinski definition) is 2. The van der Waals surface area contributed by atoms with Crippen molar-refractivity contribution in [2.45, 2.75) is 71.4 Å². The van der Waals surface area contributed by atoms with E-state index in [0.717, 1.165) is 32.1 Å². The van der Waals surface area contributed by atoms with Crippen molar-refractivity contribution >= 4 is 5.91 Å². The smallest absolute Gasteiger partial charge is 0.225 e. The maximum absolute atomic E-state index is 12.3. The van der Waals surface area contributed by atoms with E-state index in [1.165, 1.54) is 0 Å². The Morgan fingerprint density at radius 1 is 1.35 bits per heavy atom. The molecule has 1 saturated carbocycles. The second kappa shape index (κ2) is 5.85. The van der Waals surface area contributed by atoms with Gasteiger partial charge in [-0.2, -0.15) is 0 Å². The molecule has 0 bridgehead atoms. The van der Waals surface area contributed by atoms with Crippen molar-refractivity contribution in [3.05, 3.63) is 0 Å². The molecule has 1 aliphatic rings. The van der Waals surface area contributed by atoms with Gasteiger partial charge in [0, 0.05) is 11.6 Å². The van der Waals surface area contributed by atoms with Gasteiger partial charge < -0.3 is 11.1 Å². The fourth-order valence-electron chi connectivity index (χ4n) is 2.56. The van der Waals surface area contributed by atoms with Crippen LogP contribution in [0.5, 0.6) is 0 Å². The van der Waals surface area contributed by atoms with E-state index in [9.17, 15) is 4.79 Å². The summed E-state index contributed by atoms with van der Waals surface area (Å²) < 4.78 is 0. The number of amides is 1. The Balaban J connectivity index is 2.63. The molecule has 0 aromatic rings. The molecule has 100 valence electrons. The van der Waals surface area contributed by atoms with E-state index in [1.54, 1.807) is 0 Å². The molecule has 0 radical (unpaired) electrons. The molecule has 3 nitrogen and oxygen atoms in total. The minimum atomic E-state index is -0.0719. The summed E-state index contributed by atoms with van der Waals surface area (Å²) in [6, 6.07) is 0.0294. The van der Waals surface area contributed by atoms with E-state index in [4.69, 9.17) is 5.73 Å². The van der Waals surface area contributed by atoms with E-state index in [0.29, 0.717) is 5.92 Å². The molecule has 17 heavy (non-hydrogen) atoms. The number of nitrogens with one attached hydrogen (secondary N) is 1. The SMILES string of the molecule is CCC(C)(CC)NC(=O)C1CCCC(C)C1N. The van der Waals surface area contributed by atoms with E-state index in [2.05, 4.69) is 33.0 Å². The predicted molar refractivity (Wildman–Crippen MR) is 71.6 cm³/mol. The topological polar surface area (TPSA) is 55.1 Å². The Labute approximate surface area is 106 Å². The lowest BCUT2D eigenvalue weighted by Crippen LogP contribution is -2.53. The van der Waals surface area contributed by atoms with Gasteiger partial charge in [0.05, 0.1) is 5.92 Å². The fourth-order valence-corrected chi connectivity index (χ4v) is 2.56. The highest BCUT2D eigenvalue weighted by Gasteiger charge is 2.35. The van der Waals surface area contributed by atoms with E-state index in [-0.39, 0.29) is 23.4 Å². The molecule has 0 aliphatic heterocycles. The van der Waals surface area contributed by atoms with Crippen molar-refractivity contribution in [3.63, 3.8) is 0 Å². The summed E-state index contributed by atoms with van der Waals surface area (Å²) in [6.07, 6.45) is 5.16. The van der Waals surface area contributed by atoms with Crippen molar-refractivity contribution in [1.82, 2.24) is 5.32 Å². The second-order valence-corrected chi connectivity index (χ2v) is 5.85. The van der Waals surface area contributed by atoms with Crippen LogP contribution < -0.4 is 11.1 Å². The van der Waals surface area contributed by atoms with Gasteiger partial charge in [-0.15, -0.1) is 0 Å². The normalized spacial score (nSPS) is 30.1. The summed E-state index contributed by atoms with van der Waals surface area (Å²) in [5.74, 6) is 0.639. The van der Waals surface area contributed by atoms with Crippen molar-refractivity contribution in [1.29, 1.82) is 0 Å². The lowest BCUT2D eigenvalue weighted by molar-refractivity contribution is -0.129. The second-order valence-electron chi connectivity index (χ2n) is 5.85. The molecule has 3 atom stereocenters. The van der Waals surface area contributed by atoms with Crippen LogP contribution in [-0.2, 0) is 4.79 Å². The molecule has 1 amide bonds. The predicted octanol–water partition coefficient (Wildman–Crippen LogP) is 2.44. The van der Waals surface area contributed by atoms with Gasteiger partial charge in [-0.3, -0.25) is 4.79 Å². The minimum absolute atomic E-state index is 0.0103. The average molecular weight is 240 g/mol. The van der Waals surface area contributed by atoms with Crippen LogP contribution in [-0.4, -0.2) is 17.5 Å². The maximum atomic E-state index is 12.3. The van der Waals surface area contributed by atoms with Gasteiger partial charge in [0.25, 0.3) is 0 Å². The van der Waals surface area contributed by atoms with Gasteiger partial charge in [0.1, 0.15) is 0 Å². The van der Waals surface area contributed by atoms with Gasteiger partial charge in [0.2, 0.25) is 5.91 Å². The summed E-state index contributed by atoms with van der Waals surface area (Å²) in [6.45, 7) is 8.51. The molecule has 3 heteroatoms. The summed E-state index contributed by atoms with van der Waals surface area (Å²) in [5.41, 5.74) is 6.09. The molecule has 0 aromatic heterocycles. The van der Waals surface area contributed by atoms with Crippen LogP contribution in [0.2, 0.25) is 0 Å². The van der Waals surface area contributed by atoms with E-state index >= 15 is 0 Å². The molecule has 0 aromatic carbocycles. The standard InChI is InChI=1S/C14H28N2O/c1-5-14(4,6-2)16-13(17)11-9-7-8-10(3)12(11)15/h10-12H,5-9,15H2,1-4H3,(H,16,17). The highest BCUT2D eigenvalue weighted by Crippen LogP contribution is 2.28. The molecule has 3 unspecified atom stereocenters. The van der Waals surface area contributed by atoms with Crippen LogP contribution in [0.3, 0.4) is 0 Å².